The number of phosphoric ester groups is 2. The van der Waals surface area contributed by atoms with Gasteiger partial charge in [0, 0.05) is 25.7 Å². The fourth-order valence-corrected chi connectivity index (χ4v) is 11.1. The SMILES string of the molecule is CCCCCCCCCC(=O)OC[C@H](COP(=O)(O)OC[C@H](O)COP(=O)(O)OC[C@@H](COC(=O)CCCCCCCCCCCC(C)C)OC(=O)CCCCCCCCCCCCC(C)C)OC(=O)CCCCCCCCCCC(C)C. The summed E-state index contributed by atoms with van der Waals surface area (Å²) in [4.78, 5) is 72.1. The number of ether oxygens (including phenoxy) is 4. The second-order valence-corrected chi connectivity index (χ2v) is 27.5. The molecule has 0 saturated carbocycles. The second-order valence-electron chi connectivity index (χ2n) is 24.6. The summed E-state index contributed by atoms with van der Waals surface area (Å²) in [6.07, 6.45) is 36.3. The Hall–Kier alpha value is -1.94. The van der Waals surface area contributed by atoms with Crippen molar-refractivity contribution in [2.45, 2.75) is 330 Å². The minimum absolute atomic E-state index is 0.104. The van der Waals surface area contributed by atoms with Gasteiger partial charge in [0.05, 0.1) is 26.4 Å². The molecule has 2 unspecified atom stereocenters. The highest BCUT2D eigenvalue weighted by molar-refractivity contribution is 7.47. The number of aliphatic hydroxyl groups excluding tert-OH is 1. The third-order valence-corrected chi connectivity index (χ3v) is 16.5. The summed E-state index contributed by atoms with van der Waals surface area (Å²) >= 11 is 0. The van der Waals surface area contributed by atoms with Crippen LogP contribution in [0.25, 0.3) is 0 Å². The molecule has 3 N–H and O–H groups in total. The molecule has 5 atom stereocenters. The van der Waals surface area contributed by atoms with Gasteiger partial charge >= 0.3 is 39.5 Å². The van der Waals surface area contributed by atoms with Crippen molar-refractivity contribution in [2.24, 2.45) is 17.8 Å². The van der Waals surface area contributed by atoms with Crippen LogP contribution in [0.15, 0.2) is 0 Å². The molecule has 0 rings (SSSR count). The molecule has 0 aliphatic rings. The number of carbonyl (C=O) groups excluding carboxylic acids is 4. The van der Waals surface area contributed by atoms with Crippen LogP contribution < -0.4 is 0 Å². The molecule has 0 aromatic rings. The van der Waals surface area contributed by atoms with Crippen molar-refractivity contribution < 1.29 is 80.2 Å². The summed E-state index contributed by atoms with van der Waals surface area (Å²) < 4.78 is 67.9. The van der Waals surface area contributed by atoms with E-state index in [0.717, 1.165) is 120 Å². The van der Waals surface area contributed by atoms with Gasteiger partial charge in [-0.15, -0.1) is 0 Å². The lowest BCUT2D eigenvalue weighted by Gasteiger charge is -2.21. The first-order valence-corrected chi connectivity index (χ1v) is 36.3. The van der Waals surface area contributed by atoms with Crippen molar-refractivity contribution in [1.29, 1.82) is 0 Å². The Morgan fingerprint density at radius 2 is 0.554 bits per heavy atom. The summed E-state index contributed by atoms with van der Waals surface area (Å²) in [7, 11) is -9.88. The van der Waals surface area contributed by atoms with Crippen LogP contribution in [-0.4, -0.2) is 96.7 Å². The van der Waals surface area contributed by atoms with Gasteiger partial charge in [0.1, 0.15) is 19.3 Å². The summed E-state index contributed by atoms with van der Waals surface area (Å²) in [5, 5.41) is 10.5. The van der Waals surface area contributed by atoms with Crippen molar-refractivity contribution in [1.82, 2.24) is 0 Å². The van der Waals surface area contributed by atoms with Crippen molar-refractivity contribution in [3.05, 3.63) is 0 Å². The Kier molecular flexibility index (Phi) is 54.1. The zero-order chi connectivity index (χ0) is 61.7. The summed E-state index contributed by atoms with van der Waals surface area (Å²) in [6.45, 7) is 11.7. The Balaban J connectivity index is 5.23. The van der Waals surface area contributed by atoms with Crippen LogP contribution >= 0.6 is 15.6 Å². The fraction of sp³-hybridized carbons (Fsp3) is 0.938. The van der Waals surface area contributed by atoms with E-state index in [1.807, 2.05) is 0 Å². The van der Waals surface area contributed by atoms with E-state index in [1.165, 1.54) is 109 Å². The molecule has 83 heavy (non-hydrogen) atoms. The van der Waals surface area contributed by atoms with Crippen molar-refractivity contribution >= 4 is 39.5 Å². The molecule has 0 bridgehead atoms. The molecule has 492 valence electrons. The predicted molar refractivity (Wildman–Crippen MR) is 331 cm³/mol. The molecule has 0 heterocycles. The zero-order valence-electron chi connectivity index (χ0n) is 53.6. The normalized spacial score (nSPS) is 14.4. The second kappa shape index (κ2) is 55.4. The smallest absolute Gasteiger partial charge is 0.462 e. The molecule has 17 nitrogen and oxygen atoms in total. The maximum Gasteiger partial charge on any atom is 0.472 e. The number of hydrogen-bond acceptors (Lipinski definition) is 15. The van der Waals surface area contributed by atoms with E-state index in [9.17, 15) is 43.2 Å². The van der Waals surface area contributed by atoms with Gasteiger partial charge in [0.15, 0.2) is 12.2 Å². The van der Waals surface area contributed by atoms with Gasteiger partial charge in [0.2, 0.25) is 0 Å². The lowest BCUT2D eigenvalue weighted by molar-refractivity contribution is -0.161. The van der Waals surface area contributed by atoms with E-state index >= 15 is 0 Å². The monoisotopic (exact) mass is 1230 g/mol. The standard InChI is InChI=1S/C64H124O17P2/c1-8-9-10-11-21-31-38-45-61(66)74-51-59(81-64(69)48-41-34-27-20-19-24-30-37-44-57(6)7)53-78-82(70,71)76-49-58(65)50-77-83(72,73)79-54-60(52-75-62(67)46-39-32-25-18-14-16-23-29-36-43-56(4)5)80-63(68)47-40-33-26-17-13-12-15-22-28-35-42-55(2)3/h55-60,65H,8-54H2,1-7H3,(H,70,71)(H,72,73)/t58-,59+,60+/m0/s1. The van der Waals surface area contributed by atoms with Gasteiger partial charge in [-0.3, -0.25) is 37.3 Å². The Morgan fingerprint density at radius 3 is 0.819 bits per heavy atom. The largest absolute Gasteiger partial charge is 0.472 e. The number of carbonyl (C=O) groups is 4. The molecule has 0 spiro atoms. The Labute approximate surface area is 505 Å². The van der Waals surface area contributed by atoms with E-state index in [4.69, 9.17) is 37.0 Å². The number of rotatable bonds is 62. The number of hydrogen-bond donors (Lipinski definition) is 3. The van der Waals surface area contributed by atoms with Crippen molar-refractivity contribution in [3.8, 4) is 0 Å². The van der Waals surface area contributed by atoms with Gasteiger partial charge in [-0.1, -0.05) is 260 Å². The van der Waals surface area contributed by atoms with Gasteiger partial charge in [-0.05, 0) is 43.4 Å². The highest BCUT2D eigenvalue weighted by atomic mass is 31.2. The maximum atomic E-state index is 13.0. The molecule has 0 radical (unpaired) electrons. The van der Waals surface area contributed by atoms with Gasteiger partial charge in [-0.25, -0.2) is 9.13 Å². The van der Waals surface area contributed by atoms with E-state index in [0.29, 0.717) is 25.7 Å². The lowest BCUT2D eigenvalue weighted by atomic mass is 10.0. The number of phosphoric acid groups is 2. The summed E-state index contributed by atoms with van der Waals surface area (Å²) in [5.74, 6) is 0.0735. The first-order chi connectivity index (χ1) is 39.7. The first kappa shape index (κ1) is 81.1. The van der Waals surface area contributed by atoms with Crippen LogP contribution in [0, 0.1) is 17.8 Å². The third-order valence-electron chi connectivity index (χ3n) is 14.6. The molecule has 0 amide bonds. The van der Waals surface area contributed by atoms with Crippen LogP contribution in [0.5, 0.6) is 0 Å². The highest BCUT2D eigenvalue weighted by Gasteiger charge is 2.30. The van der Waals surface area contributed by atoms with Gasteiger partial charge in [-0.2, -0.15) is 0 Å². The van der Waals surface area contributed by atoms with Crippen LogP contribution in [0.3, 0.4) is 0 Å². The van der Waals surface area contributed by atoms with Crippen LogP contribution in [-0.2, 0) is 65.4 Å². The fourth-order valence-electron chi connectivity index (χ4n) is 9.48. The lowest BCUT2D eigenvalue weighted by Crippen LogP contribution is -2.30. The molecule has 0 aromatic heterocycles. The molecule has 0 aliphatic heterocycles. The number of aliphatic hydroxyl groups is 1. The van der Waals surface area contributed by atoms with Crippen LogP contribution in [0.1, 0.15) is 312 Å². The van der Waals surface area contributed by atoms with E-state index in [-0.39, 0.29) is 25.7 Å². The maximum absolute atomic E-state index is 13.0. The molecular weight excluding hydrogens is 1100 g/mol. The minimum atomic E-state index is -4.94. The Bertz CT molecular complexity index is 1650. The molecule has 0 fully saturated rings. The van der Waals surface area contributed by atoms with Gasteiger partial charge in [0.25, 0.3) is 0 Å². The van der Waals surface area contributed by atoms with Crippen molar-refractivity contribution in [3.63, 3.8) is 0 Å². The number of unbranched alkanes of at least 4 members (excludes halogenated alkanes) is 30. The van der Waals surface area contributed by atoms with Gasteiger partial charge < -0.3 is 33.8 Å². The summed E-state index contributed by atoms with van der Waals surface area (Å²) in [5.41, 5.74) is 0. The van der Waals surface area contributed by atoms with E-state index in [1.54, 1.807) is 0 Å². The molecule has 0 aromatic carbocycles. The van der Waals surface area contributed by atoms with E-state index in [2.05, 4.69) is 48.5 Å². The summed E-state index contributed by atoms with van der Waals surface area (Å²) in [6, 6.07) is 0. The average Bonchev–Trinajstić information content (AvgIpc) is 3.45. The van der Waals surface area contributed by atoms with Crippen LogP contribution in [0.4, 0.5) is 0 Å². The van der Waals surface area contributed by atoms with Crippen molar-refractivity contribution in [2.75, 3.05) is 39.6 Å². The third kappa shape index (κ3) is 58.8. The minimum Gasteiger partial charge on any atom is -0.462 e. The van der Waals surface area contributed by atoms with Crippen LogP contribution in [0.2, 0.25) is 0 Å². The predicted octanol–water partition coefficient (Wildman–Crippen LogP) is 17.5. The molecule has 0 saturated heterocycles. The Morgan fingerprint density at radius 1 is 0.325 bits per heavy atom. The van der Waals surface area contributed by atoms with E-state index < -0.39 is 97.5 Å². The highest BCUT2D eigenvalue weighted by Crippen LogP contribution is 2.45. The number of esters is 4. The molecule has 0 aliphatic carbocycles. The quantitative estimate of drug-likeness (QED) is 0.0222. The zero-order valence-corrected chi connectivity index (χ0v) is 55.4. The molecular formula is C64H124O17P2. The first-order valence-electron chi connectivity index (χ1n) is 33.3. The molecule has 19 heteroatoms. The topological polar surface area (TPSA) is 237 Å². The average molecular weight is 1230 g/mol.